The number of para-hydroxylation sites is 1. The predicted octanol–water partition coefficient (Wildman–Crippen LogP) is 2.57. The van der Waals surface area contributed by atoms with Crippen LogP contribution in [0.5, 0.6) is 17.2 Å². The number of piperazine rings is 1. The van der Waals surface area contributed by atoms with Crippen LogP contribution in [0, 0.1) is 0 Å². The van der Waals surface area contributed by atoms with Crippen molar-refractivity contribution in [1.29, 1.82) is 0 Å². The van der Waals surface area contributed by atoms with Crippen LogP contribution in [0.3, 0.4) is 0 Å². The number of nitrogens with zero attached hydrogens (tertiary/aromatic N) is 1. The van der Waals surface area contributed by atoms with E-state index >= 15 is 0 Å². The summed E-state index contributed by atoms with van der Waals surface area (Å²) in [7, 11) is 1.67. The second-order valence-corrected chi connectivity index (χ2v) is 7.03. The molecule has 0 bridgehead atoms. The molecule has 1 fully saturated rings. The topological polar surface area (TPSA) is 60.0 Å². The summed E-state index contributed by atoms with van der Waals surface area (Å²) in [5.41, 5.74) is 2.13. The number of nitrogens with one attached hydrogen (secondary N) is 1. The lowest BCUT2D eigenvalue weighted by Gasteiger charge is -2.37. The Kier molecular flexibility index (Phi) is 5.67. The molecule has 1 atom stereocenters. The Bertz CT molecular complexity index is 839. The normalized spacial score (nSPS) is 18.6. The molecular formula is C22H26N2O4. The van der Waals surface area contributed by atoms with E-state index in [1.54, 1.807) is 7.11 Å². The first kappa shape index (κ1) is 18.6. The number of benzene rings is 2. The number of hydrogen-bond donors (Lipinski definition) is 1. The highest BCUT2D eigenvalue weighted by atomic mass is 16.6. The summed E-state index contributed by atoms with van der Waals surface area (Å²) >= 11 is 0. The molecule has 2 aromatic carbocycles. The number of aryl methyl sites for hydroxylation is 1. The summed E-state index contributed by atoms with van der Waals surface area (Å²) < 4.78 is 16.7. The van der Waals surface area contributed by atoms with E-state index in [9.17, 15) is 4.79 Å². The number of hydrogen-bond acceptors (Lipinski definition) is 5. The molecule has 0 spiro atoms. The van der Waals surface area contributed by atoms with Gasteiger partial charge in [-0.2, -0.15) is 0 Å². The maximum Gasteiger partial charge on any atom is 0.223 e. The minimum atomic E-state index is -0.0160. The Morgan fingerprint density at radius 1 is 1.18 bits per heavy atom. The molecule has 1 amide bonds. The van der Waals surface area contributed by atoms with Crippen molar-refractivity contribution < 1.29 is 19.0 Å². The Morgan fingerprint density at radius 2 is 2.00 bits per heavy atom. The molecule has 28 heavy (non-hydrogen) atoms. The van der Waals surface area contributed by atoms with Gasteiger partial charge in [0.05, 0.1) is 13.2 Å². The second-order valence-electron chi connectivity index (χ2n) is 7.03. The van der Waals surface area contributed by atoms with Gasteiger partial charge in [-0.05, 0) is 30.2 Å². The highest BCUT2D eigenvalue weighted by Crippen LogP contribution is 2.32. The molecule has 2 heterocycles. The number of methoxy groups -OCH3 is 1. The number of amides is 1. The van der Waals surface area contributed by atoms with Crippen molar-refractivity contribution in [2.24, 2.45) is 0 Å². The van der Waals surface area contributed by atoms with Crippen LogP contribution in [-0.2, 0) is 11.2 Å². The van der Waals surface area contributed by atoms with Gasteiger partial charge in [0.25, 0.3) is 0 Å². The van der Waals surface area contributed by atoms with Crippen LogP contribution < -0.4 is 19.5 Å². The van der Waals surface area contributed by atoms with Crippen LogP contribution in [0.25, 0.3) is 0 Å². The van der Waals surface area contributed by atoms with Gasteiger partial charge in [0.15, 0.2) is 11.5 Å². The predicted molar refractivity (Wildman–Crippen MR) is 106 cm³/mol. The van der Waals surface area contributed by atoms with Crippen molar-refractivity contribution in [3.05, 3.63) is 53.6 Å². The molecule has 2 aliphatic heterocycles. The van der Waals surface area contributed by atoms with E-state index in [-0.39, 0.29) is 11.9 Å². The molecule has 0 saturated carbocycles. The van der Waals surface area contributed by atoms with Crippen molar-refractivity contribution in [2.45, 2.75) is 18.9 Å². The van der Waals surface area contributed by atoms with E-state index in [4.69, 9.17) is 14.2 Å². The largest absolute Gasteiger partial charge is 0.496 e. The lowest BCUT2D eigenvalue weighted by atomic mass is 10.0. The molecule has 4 rings (SSSR count). The summed E-state index contributed by atoms with van der Waals surface area (Å²) in [6, 6.07) is 13.8. The zero-order valence-electron chi connectivity index (χ0n) is 16.1. The van der Waals surface area contributed by atoms with Gasteiger partial charge in [-0.3, -0.25) is 4.79 Å². The Labute approximate surface area is 165 Å². The van der Waals surface area contributed by atoms with Crippen molar-refractivity contribution in [3.63, 3.8) is 0 Å². The molecule has 0 radical (unpaired) electrons. The first-order chi connectivity index (χ1) is 13.8. The van der Waals surface area contributed by atoms with Crippen LogP contribution in [-0.4, -0.2) is 50.8 Å². The lowest BCUT2D eigenvalue weighted by Crippen LogP contribution is -2.48. The minimum Gasteiger partial charge on any atom is -0.496 e. The molecule has 6 heteroatoms. The molecule has 2 aromatic rings. The third-order valence-corrected chi connectivity index (χ3v) is 5.30. The first-order valence-corrected chi connectivity index (χ1v) is 9.78. The third kappa shape index (κ3) is 3.92. The molecule has 1 saturated heterocycles. The maximum absolute atomic E-state index is 13.0. The molecule has 0 aromatic heterocycles. The van der Waals surface area contributed by atoms with Crippen LogP contribution in [0.1, 0.15) is 23.6 Å². The van der Waals surface area contributed by atoms with E-state index in [0.29, 0.717) is 32.6 Å². The number of ether oxygens (including phenoxy) is 3. The van der Waals surface area contributed by atoms with Crippen LogP contribution in [0.2, 0.25) is 0 Å². The van der Waals surface area contributed by atoms with Crippen molar-refractivity contribution in [3.8, 4) is 17.2 Å². The number of rotatable bonds is 5. The number of carbonyl (C=O) groups excluding carboxylic acids is 1. The van der Waals surface area contributed by atoms with E-state index < -0.39 is 0 Å². The highest BCUT2D eigenvalue weighted by molar-refractivity contribution is 5.77. The van der Waals surface area contributed by atoms with Crippen LogP contribution in [0.15, 0.2) is 42.5 Å². The van der Waals surface area contributed by atoms with E-state index in [0.717, 1.165) is 41.5 Å². The lowest BCUT2D eigenvalue weighted by molar-refractivity contribution is -0.134. The SMILES string of the molecule is COc1ccccc1C1CNCCN1C(=O)CCc1ccc2c(c1)OCCO2. The summed E-state index contributed by atoms with van der Waals surface area (Å²) in [6.45, 7) is 3.38. The quantitative estimate of drug-likeness (QED) is 0.861. The smallest absolute Gasteiger partial charge is 0.223 e. The summed E-state index contributed by atoms with van der Waals surface area (Å²) in [5.74, 6) is 2.53. The fourth-order valence-electron chi connectivity index (χ4n) is 3.86. The molecule has 2 aliphatic rings. The van der Waals surface area contributed by atoms with Gasteiger partial charge < -0.3 is 24.4 Å². The minimum absolute atomic E-state index is 0.0160. The fraction of sp³-hybridized carbons (Fsp3) is 0.409. The van der Waals surface area contributed by atoms with Gasteiger partial charge >= 0.3 is 0 Å². The Morgan fingerprint density at radius 3 is 2.86 bits per heavy atom. The van der Waals surface area contributed by atoms with Crippen molar-refractivity contribution in [2.75, 3.05) is 40.0 Å². The first-order valence-electron chi connectivity index (χ1n) is 9.78. The van der Waals surface area contributed by atoms with E-state index in [2.05, 4.69) is 5.32 Å². The van der Waals surface area contributed by atoms with E-state index in [1.807, 2.05) is 47.4 Å². The molecule has 1 N–H and O–H groups in total. The maximum atomic E-state index is 13.0. The van der Waals surface area contributed by atoms with Crippen LogP contribution >= 0.6 is 0 Å². The molecule has 1 unspecified atom stereocenters. The van der Waals surface area contributed by atoms with Gasteiger partial charge in [-0.25, -0.2) is 0 Å². The van der Waals surface area contributed by atoms with Gasteiger partial charge in [-0.15, -0.1) is 0 Å². The Balaban J connectivity index is 1.45. The zero-order valence-corrected chi connectivity index (χ0v) is 16.1. The molecular weight excluding hydrogens is 356 g/mol. The van der Waals surface area contributed by atoms with Gasteiger partial charge in [0.2, 0.25) is 5.91 Å². The summed E-state index contributed by atoms with van der Waals surface area (Å²) in [5, 5.41) is 3.40. The fourth-order valence-corrected chi connectivity index (χ4v) is 3.86. The molecule has 148 valence electrons. The highest BCUT2D eigenvalue weighted by Gasteiger charge is 2.29. The average molecular weight is 382 g/mol. The van der Waals surface area contributed by atoms with Gasteiger partial charge in [0, 0.05) is 31.6 Å². The summed E-state index contributed by atoms with van der Waals surface area (Å²) in [4.78, 5) is 15.0. The summed E-state index contributed by atoms with van der Waals surface area (Å²) in [6.07, 6.45) is 1.14. The second kappa shape index (κ2) is 8.52. The number of carbonyl (C=O) groups is 1. The van der Waals surface area contributed by atoms with Gasteiger partial charge in [-0.1, -0.05) is 24.3 Å². The van der Waals surface area contributed by atoms with Crippen molar-refractivity contribution >= 4 is 5.91 Å². The van der Waals surface area contributed by atoms with Crippen LogP contribution in [0.4, 0.5) is 0 Å². The number of fused-ring (bicyclic) bond motifs is 1. The zero-order chi connectivity index (χ0) is 19.3. The van der Waals surface area contributed by atoms with Gasteiger partial charge in [0.1, 0.15) is 19.0 Å². The Hall–Kier alpha value is -2.73. The van der Waals surface area contributed by atoms with Crippen molar-refractivity contribution in [1.82, 2.24) is 10.2 Å². The molecule has 0 aliphatic carbocycles. The monoisotopic (exact) mass is 382 g/mol. The average Bonchev–Trinajstić information content (AvgIpc) is 2.77. The third-order valence-electron chi connectivity index (χ3n) is 5.30. The van der Waals surface area contributed by atoms with E-state index in [1.165, 1.54) is 0 Å². The standard InChI is InChI=1S/C22H26N2O4/c1-26-19-5-3-2-4-17(19)18-15-23-10-11-24(18)22(25)9-7-16-6-8-20-21(14-16)28-13-12-27-20/h2-6,8,14,18,23H,7,9-13,15H2,1H3. The molecule has 6 nitrogen and oxygen atoms in total.